The van der Waals surface area contributed by atoms with Crippen LogP contribution in [0.25, 0.3) is 5.65 Å². The molecule has 0 radical (unpaired) electrons. The zero-order valence-electron chi connectivity index (χ0n) is 26.7. The van der Waals surface area contributed by atoms with E-state index in [-0.39, 0.29) is 37.5 Å². The number of hydrogen-bond acceptors (Lipinski definition) is 15. The van der Waals surface area contributed by atoms with Crippen molar-refractivity contribution in [3.05, 3.63) is 41.7 Å². The van der Waals surface area contributed by atoms with E-state index in [9.17, 15) is 29.6 Å². The Hall–Kier alpha value is -4.11. The minimum absolute atomic E-state index is 0.00926. The highest BCUT2D eigenvalue weighted by Gasteiger charge is 2.70. The summed E-state index contributed by atoms with van der Waals surface area (Å²) in [5, 5.41) is 34.2. The van der Waals surface area contributed by atoms with Gasteiger partial charge in [0.2, 0.25) is 17.2 Å². The second-order valence-electron chi connectivity index (χ2n) is 10.9. The second-order valence-corrected chi connectivity index (χ2v) is 13.2. The molecule has 0 saturated carbocycles. The Morgan fingerprint density at radius 1 is 1.29 bits per heavy atom. The Bertz CT molecular complexity index is 1760. The summed E-state index contributed by atoms with van der Waals surface area (Å²) in [6, 6.07) is 6.64. The maximum absolute atomic E-state index is 16.3. The number of nitrogens with zero attached hydrogens (tertiary/aromatic N) is 5. The first-order valence-electron chi connectivity index (χ1n) is 15.2. The summed E-state index contributed by atoms with van der Waals surface area (Å²) in [5.74, 6) is -2.40. The van der Waals surface area contributed by atoms with Gasteiger partial charge in [0.25, 0.3) is 11.0 Å². The van der Waals surface area contributed by atoms with Crippen molar-refractivity contribution in [1.29, 1.82) is 5.26 Å². The number of imidazole rings is 1. The molecule has 20 heteroatoms. The number of aryl methyl sites for hydroxylation is 1. The second kappa shape index (κ2) is 15.6. The number of alkyl halides is 2. The number of para-hydroxylation sites is 1. The molecule has 0 aliphatic carbocycles. The van der Waals surface area contributed by atoms with Crippen LogP contribution < -0.4 is 15.3 Å². The molecule has 2 aromatic heterocycles. The number of aliphatic hydroxyl groups excluding tert-OH is 1. The minimum atomic E-state index is -4.65. The van der Waals surface area contributed by atoms with Crippen molar-refractivity contribution in [2.75, 3.05) is 25.6 Å². The van der Waals surface area contributed by atoms with Crippen LogP contribution in [0.5, 0.6) is 11.6 Å². The normalized spacial score (nSPS) is 23.8. The lowest BCUT2D eigenvalue weighted by atomic mass is 9.93. The molecule has 1 fully saturated rings. The van der Waals surface area contributed by atoms with Crippen molar-refractivity contribution >= 4 is 42.9 Å². The van der Waals surface area contributed by atoms with E-state index < -0.39 is 72.8 Å². The summed E-state index contributed by atoms with van der Waals surface area (Å²) in [5.41, 5.74) is 2.42. The zero-order valence-corrected chi connectivity index (χ0v) is 28.4. The van der Waals surface area contributed by atoms with Crippen molar-refractivity contribution in [3.63, 3.8) is 0 Å². The van der Waals surface area contributed by atoms with Gasteiger partial charge in [-0.15, -0.1) is 5.10 Å². The van der Waals surface area contributed by atoms with Gasteiger partial charge < -0.3 is 34.7 Å². The van der Waals surface area contributed by atoms with E-state index >= 15 is 4.39 Å². The van der Waals surface area contributed by atoms with E-state index in [2.05, 4.69) is 20.2 Å². The first kappa shape index (κ1) is 37.7. The average Bonchev–Trinajstić information content (AvgIpc) is 3.57. The number of rotatable bonds is 16. The first-order valence-corrected chi connectivity index (χ1v) is 17.1. The van der Waals surface area contributed by atoms with Crippen LogP contribution in [-0.2, 0) is 44.9 Å². The molecule has 1 aliphatic heterocycles. The number of hydrogen-bond donors (Lipinski definition) is 4. The fourth-order valence-electron chi connectivity index (χ4n) is 4.78. The van der Waals surface area contributed by atoms with Gasteiger partial charge in [-0.2, -0.15) is 15.3 Å². The molecule has 17 nitrogen and oxygen atoms in total. The number of aliphatic hydroxyl groups is 1. The van der Waals surface area contributed by atoms with Crippen molar-refractivity contribution < 1.29 is 52.0 Å². The molecule has 1 aromatic carbocycles. The van der Waals surface area contributed by atoms with E-state index in [1.807, 2.05) is 6.92 Å². The zero-order chi connectivity index (χ0) is 36.0. The molecule has 3 heterocycles. The maximum atomic E-state index is 16.3. The highest BCUT2D eigenvalue weighted by atomic mass is 35.5. The van der Waals surface area contributed by atoms with E-state index in [1.54, 1.807) is 31.2 Å². The molecule has 6 atom stereocenters. The summed E-state index contributed by atoms with van der Waals surface area (Å²) in [6.45, 7) is 4.40. The molecule has 5 N–H and O–H groups in total. The summed E-state index contributed by atoms with van der Waals surface area (Å²) < 4.78 is 58.7. The Morgan fingerprint density at radius 3 is 2.67 bits per heavy atom. The molecule has 0 spiro atoms. The SMILES string of the molecule is CCCOC(=O)CCc1ccccc1OP(=O)(N[C@@H](C)C(=O)OCCC)OCC1OC(C#N)(c2cnc3c(O)nc(N)nn23)C(F)(Cl)[C@H]1O. The predicted molar refractivity (Wildman–Crippen MR) is 169 cm³/mol. The third-order valence-electron chi connectivity index (χ3n) is 7.22. The fraction of sp³-hybridized carbons (Fsp3) is 0.517. The van der Waals surface area contributed by atoms with Crippen LogP contribution in [0, 0.1) is 11.3 Å². The van der Waals surface area contributed by atoms with Crippen molar-refractivity contribution in [3.8, 4) is 17.7 Å². The Balaban J connectivity index is 1.63. The number of fused-ring (bicyclic) bond motifs is 1. The summed E-state index contributed by atoms with van der Waals surface area (Å²) >= 11 is 6.16. The van der Waals surface area contributed by atoms with Crippen molar-refractivity contribution in [1.82, 2.24) is 24.7 Å². The fourth-order valence-corrected chi connectivity index (χ4v) is 6.65. The van der Waals surface area contributed by atoms with Gasteiger partial charge in [0.1, 0.15) is 35.8 Å². The number of carbonyl (C=O) groups is 2. The summed E-state index contributed by atoms with van der Waals surface area (Å²) in [4.78, 5) is 32.2. The topological polar surface area (TPSA) is 243 Å². The van der Waals surface area contributed by atoms with E-state index in [4.69, 9.17) is 40.6 Å². The van der Waals surface area contributed by atoms with E-state index in [1.165, 1.54) is 13.0 Å². The number of aromatic hydroxyl groups is 1. The van der Waals surface area contributed by atoms with Crippen LogP contribution >= 0.6 is 19.3 Å². The van der Waals surface area contributed by atoms with Gasteiger partial charge in [-0.3, -0.25) is 14.1 Å². The Morgan fingerprint density at radius 2 is 1.98 bits per heavy atom. The number of ether oxygens (including phenoxy) is 3. The minimum Gasteiger partial charge on any atom is -0.491 e. The standard InChI is InChI=1S/C29H36ClFN7O10P/c1-4-12-44-22(39)11-10-18-8-6-7-9-19(18)48-49(43,37-17(3)26(42)45-13-5-2)46-15-20-23(40)29(30,31)28(16-32,47-20)21-14-34-24-25(41)35-27(33)36-38(21)24/h6-9,14,17,20,23,40H,4-5,10-13,15H2,1-3H3,(H,37,43)(H3,33,35,36,41)/t17-,20?,23-,28?,29?,49?/m0/s1. The Kier molecular flexibility index (Phi) is 12.0. The predicted octanol–water partition coefficient (Wildman–Crippen LogP) is 2.82. The van der Waals surface area contributed by atoms with Gasteiger partial charge in [-0.05, 0) is 37.8 Å². The van der Waals surface area contributed by atoms with Gasteiger partial charge in [0.05, 0.1) is 26.0 Å². The van der Waals surface area contributed by atoms with Crippen LogP contribution in [0.1, 0.15) is 51.3 Å². The lowest BCUT2D eigenvalue weighted by molar-refractivity contribution is -0.145. The lowest BCUT2D eigenvalue weighted by Crippen LogP contribution is -2.46. The van der Waals surface area contributed by atoms with E-state index in [0.717, 1.165) is 10.7 Å². The van der Waals surface area contributed by atoms with Gasteiger partial charge in [0.15, 0.2) is 0 Å². The van der Waals surface area contributed by atoms with Crippen LogP contribution in [0.3, 0.4) is 0 Å². The van der Waals surface area contributed by atoms with Crippen LogP contribution in [0.4, 0.5) is 10.3 Å². The highest BCUT2D eigenvalue weighted by molar-refractivity contribution is 7.52. The van der Waals surface area contributed by atoms with Crippen molar-refractivity contribution in [2.45, 2.75) is 75.4 Å². The van der Waals surface area contributed by atoms with E-state index in [0.29, 0.717) is 18.4 Å². The van der Waals surface area contributed by atoms with Gasteiger partial charge in [0, 0.05) is 6.42 Å². The number of nitrogens with two attached hydrogens (primary N) is 1. The quantitative estimate of drug-likeness (QED) is 0.0941. The summed E-state index contributed by atoms with van der Waals surface area (Å²) in [7, 11) is -4.65. The molecule has 1 aliphatic rings. The molecule has 1 saturated heterocycles. The number of benzene rings is 1. The van der Waals surface area contributed by atoms with Gasteiger partial charge in [-0.1, -0.05) is 43.6 Å². The molecule has 4 rings (SSSR count). The molecule has 0 bridgehead atoms. The third kappa shape index (κ3) is 8.04. The number of aromatic nitrogens is 4. The third-order valence-corrected chi connectivity index (χ3v) is 9.34. The number of anilines is 1. The molecular weight excluding hydrogens is 692 g/mol. The van der Waals surface area contributed by atoms with Crippen molar-refractivity contribution in [2.24, 2.45) is 0 Å². The highest BCUT2D eigenvalue weighted by Crippen LogP contribution is 2.54. The first-order chi connectivity index (χ1) is 23.2. The maximum Gasteiger partial charge on any atom is 0.459 e. The molecule has 49 heavy (non-hydrogen) atoms. The molecule has 266 valence electrons. The molecule has 4 unspecified atom stereocenters. The monoisotopic (exact) mass is 727 g/mol. The van der Waals surface area contributed by atoms with Crippen LogP contribution in [0.2, 0.25) is 0 Å². The number of carbonyl (C=O) groups excluding carboxylic acids is 2. The number of nitriles is 1. The molecular formula is C29H36ClFN7O10P. The van der Waals surface area contributed by atoms with Gasteiger partial charge >= 0.3 is 19.7 Å². The van der Waals surface area contributed by atoms with Crippen LogP contribution in [0.15, 0.2) is 30.5 Å². The van der Waals surface area contributed by atoms with Crippen LogP contribution in [-0.4, -0.2) is 84.9 Å². The lowest BCUT2D eigenvalue weighted by Gasteiger charge is -2.28. The average molecular weight is 728 g/mol. The molecule has 3 aromatic rings. The smallest absolute Gasteiger partial charge is 0.459 e. The summed E-state index contributed by atoms with van der Waals surface area (Å²) in [6.07, 6.45) is -1.90. The molecule has 0 amide bonds. The number of esters is 2. The Labute approximate surface area is 285 Å². The largest absolute Gasteiger partial charge is 0.491 e. The number of halogens is 2. The number of nitrogens with one attached hydrogen (secondary N) is 1. The van der Waals surface area contributed by atoms with Gasteiger partial charge in [-0.25, -0.2) is 18.5 Å². The number of nitrogen functional groups attached to an aromatic ring is 1.